The van der Waals surface area contributed by atoms with E-state index in [4.69, 9.17) is 5.73 Å². The molecule has 1 saturated carbocycles. The van der Waals surface area contributed by atoms with Gasteiger partial charge in [0.05, 0.1) is 11.6 Å². The van der Waals surface area contributed by atoms with E-state index in [1.165, 1.54) is 5.56 Å². The van der Waals surface area contributed by atoms with Gasteiger partial charge in [0.2, 0.25) is 5.91 Å². The van der Waals surface area contributed by atoms with E-state index in [1.54, 1.807) is 4.90 Å². The fourth-order valence-electron chi connectivity index (χ4n) is 3.02. The number of fused-ring (bicyclic) bond motifs is 1. The Balaban J connectivity index is 1.96. The molecule has 2 N–H and O–H groups in total. The largest absolute Gasteiger partial charge is 0.321 e. The lowest BCUT2D eigenvalue weighted by Gasteiger charge is -2.26. The molecule has 1 heterocycles. The van der Waals surface area contributed by atoms with Crippen molar-refractivity contribution in [3.8, 4) is 6.07 Å². The van der Waals surface area contributed by atoms with Crippen molar-refractivity contribution in [1.82, 2.24) is 0 Å². The molecule has 0 unspecified atom stereocenters. The van der Waals surface area contributed by atoms with Crippen molar-refractivity contribution in [3.05, 3.63) is 47.1 Å². The molecule has 1 aliphatic heterocycles. The number of amides is 1. The first-order chi connectivity index (χ1) is 11.0. The molecule has 0 saturated heterocycles. The molecule has 3 rings (SSSR count). The molecule has 0 spiro atoms. The monoisotopic (exact) mass is 307 g/mol. The summed E-state index contributed by atoms with van der Waals surface area (Å²) in [4.78, 5) is 13.5. The lowest BCUT2D eigenvalue weighted by Crippen LogP contribution is -2.31. The highest BCUT2D eigenvalue weighted by Gasteiger charge is 2.42. The second-order valence-electron chi connectivity index (χ2n) is 6.37. The van der Waals surface area contributed by atoms with E-state index < -0.39 is 5.54 Å². The van der Waals surface area contributed by atoms with E-state index in [9.17, 15) is 10.1 Å². The van der Waals surface area contributed by atoms with Gasteiger partial charge < -0.3 is 10.6 Å². The fraction of sp³-hybridized carbons (Fsp3) is 0.368. The Labute approximate surface area is 136 Å². The number of nitriles is 1. The van der Waals surface area contributed by atoms with Crippen LogP contribution in [0.3, 0.4) is 0 Å². The average Bonchev–Trinajstić information content (AvgIpc) is 3.30. The predicted octanol–water partition coefficient (Wildman–Crippen LogP) is 2.94. The molecule has 0 aromatic heterocycles. The van der Waals surface area contributed by atoms with E-state index in [-0.39, 0.29) is 5.91 Å². The van der Waals surface area contributed by atoms with E-state index in [2.05, 4.69) is 12.1 Å². The second kappa shape index (κ2) is 5.68. The highest BCUT2D eigenvalue weighted by Crippen LogP contribution is 2.40. The SMILES string of the molecule is C/C=C(\C=C(/C#N)C1(N)CC1)c1ccc2c(c1)CCC(=O)N2C. The molecule has 1 aromatic carbocycles. The summed E-state index contributed by atoms with van der Waals surface area (Å²) >= 11 is 0. The molecule has 0 radical (unpaired) electrons. The maximum Gasteiger partial charge on any atom is 0.227 e. The number of carbonyl (C=O) groups is 1. The summed E-state index contributed by atoms with van der Waals surface area (Å²) in [7, 11) is 1.82. The second-order valence-corrected chi connectivity index (χ2v) is 6.37. The van der Waals surface area contributed by atoms with Crippen LogP contribution >= 0.6 is 0 Å². The Bertz CT molecular complexity index is 763. The van der Waals surface area contributed by atoms with Gasteiger partial charge in [-0.3, -0.25) is 4.79 Å². The van der Waals surface area contributed by atoms with Gasteiger partial charge in [0.15, 0.2) is 0 Å². The van der Waals surface area contributed by atoms with Crippen molar-refractivity contribution in [2.45, 2.75) is 38.1 Å². The predicted molar refractivity (Wildman–Crippen MR) is 91.7 cm³/mol. The Morgan fingerprint density at radius 1 is 1.39 bits per heavy atom. The molecule has 0 bridgehead atoms. The van der Waals surface area contributed by atoms with Crippen LogP contribution in [-0.4, -0.2) is 18.5 Å². The summed E-state index contributed by atoms with van der Waals surface area (Å²) in [6, 6.07) is 8.37. The number of nitrogens with two attached hydrogens (primary N) is 1. The van der Waals surface area contributed by atoms with E-state index in [0.29, 0.717) is 12.0 Å². The minimum atomic E-state index is -0.427. The first-order valence-corrected chi connectivity index (χ1v) is 7.96. The zero-order valence-electron chi connectivity index (χ0n) is 13.6. The van der Waals surface area contributed by atoms with Gasteiger partial charge in [-0.1, -0.05) is 12.1 Å². The summed E-state index contributed by atoms with van der Waals surface area (Å²) in [5.41, 5.74) is 10.6. The van der Waals surface area contributed by atoms with Crippen LogP contribution in [0.4, 0.5) is 5.69 Å². The van der Waals surface area contributed by atoms with Gasteiger partial charge in [0, 0.05) is 24.7 Å². The Kier molecular flexibility index (Phi) is 3.83. The molecule has 1 aromatic rings. The molecule has 118 valence electrons. The van der Waals surface area contributed by atoms with Crippen molar-refractivity contribution in [2.24, 2.45) is 5.73 Å². The maximum absolute atomic E-state index is 11.8. The van der Waals surface area contributed by atoms with E-state index in [0.717, 1.165) is 36.1 Å². The van der Waals surface area contributed by atoms with Gasteiger partial charge in [0.1, 0.15) is 0 Å². The summed E-state index contributed by atoms with van der Waals surface area (Å²) in [6.07, 6.45) is 6.97. The van der Waals surface area contributed by atoms with Crippen LogP contribution in [0.15, 0.2) is 35.9 Å². The van der Waals surface area contributed by atoms with Gasteiger partial charge >= 0.3 is 0 Å². The van der Waals surface area contributed by atoms with Crippen LogP contribution in [0.2, 0.25) is 0 Å². The van der Waals surface area contributed by atoms with Crippen LogP contribution < -0.4 is 10.6 Å². The minimum absolute atomic E-state index is 0.155. The Morgan fingerprint density at radius 3 is 2.74 bits per heavy atom. The Morgan fingerprint density at radius 2 is 2.13 bits per heavy atom. The number of rotatable bonds is 3. The summed E-state index contributed by atoms with van der Waals surface area (Å²) in [5, 5.41) is 9.38. The van der Waals surface area contributed by atoms with Crippen molar-refractivity contribution < 1.29 is 4.79 Å². The molecule has 1 amide bonds. The molecule has 1 aliphatic carbocycles. The summed E-state index contributed by atoms with van der Waals surface area (Å²) < 4.78 is 0. The lowest BCUT2D eigenvalue weighted by atomic mass is 9.94. The van der Waals surface area contributed by atoms with Crippen LogP contribution in [0.1, 0.15) is 37.3 Å². The van der Waals surface area contributed by atoms with E-state index in [1.807, 2.05) is 38.3 Å². The van der Waals surface area contributed by atoms with Crippen molar-refractivity contribution >= 4 is 17.2 Å². The number of allylic oxidation sites excluding steroid dienone is 3. The lowest BCUT2D eigenvalue weighted by molar-refractivity contribution is -0.118. The quantitative estimate of drug-likeness (QED) is 0.689. The first-order valence-electron chi connectivity index (χ1n) is 7.96. The number of benzene rings is 1. The Hall–Kier alpha value is -2.38. The third-order valence-corrected chi connectivity index (χ3v) is 4.81. The van der Waals surface area contributed by atoms with Gasteiger partial charge in [0.25, 0.3) is 0 Å². The van der Waals surface area contributed by atoms with Crippen molar-refractivity contribution in [3.63, 3.8) is 0 Å². The van der Waals surface area contributed by atoms with Gasteiger partial charge in [-0.25, -0.2) is 0 Å². The topological polar surface area (TPSA) is 70.1 Å². The molecule has 0 atom stereocenters. The van der Waals surface area contributed by atoms with Crippen LogP contribution in [0, 0.1) is 11.3 Å². The third kappa shape index (κ3) is 2.80. The molecule has 4 heteroatoms. The highest BCUT2D eigenvalue weighted by atomic mass is 16.2. The number of carbonyl (C=O) groups excluding carboxylic acids is 1. The average molecular weight is 307 g/mol. The molecular formula is C19H21N3O. The van der Waals surface area contributed by atoms with Crippen LogP contribution in [0.25, 0.3) is 5.57 Å². The normalized spacial score (nSPS) is 20.1. The standard InChI is InChI=1S/C19H21N3O/c1-3-13(11-16(12-20)19(21)8-9-19)14-4-6-17-15(10-14)5-7-18(23)22(17)2/h3-4,6,10-11H,5,7-9,21H2,1-2H3/b13-3+,16-11+. The van der Waals surface area contributed by atoms with Crippen molar-refractivity contribution in [2.75, 3.05) is 11.9 Å². The molecule has 23 heavy (non-hydrogen) atoms. The highest BCUT2D eigenvalue weighted by molar-refractivity contribution is 5.96. The van der Waals surface area contributed by atoms with E-state index >= 15 is 0 Å². The van der Waals surface area contributed by atoms with Crippen LogP contribution in [-0.2, 0) is 11.2 Å². The number of aryl methyl sites for hydroxylation is 1. The minimum Gasteiger partial charge on any atom is -0.321 e. The number of hydrogen-bond donors (Lipinski definition) is 1. The third-order valence-electron chi connectivity index (χ3n) is 4.81. The van der Waals surface area contributed by atoms with Gasteiger partial charge in [-0.05, 0) is 61.1 Å². The zero-order chi connectivity index (χ0) is 16.6. The van der Waals surface area contributed by atoms with Crippen molar-refractivity contribution in [1.29, 1.82) is 5.26 Å². The molecular weight excluding hydrogens is 286 g/mol. The molecule has 4 nitrogen and oxygen atoms in total. The number of anilines is 1. The molecule has 2 aliphatic rings. The van der Waals surface area contributed by atoms with Gasteiger partial charge in [-0.2, -0.15) is 5.26 Å². The number of hydrogen-bond acceptors (Lipinski definition) is 3. The summed E-state index contributed by atoms with van der Waals surface area (Å²) in [5.74, 6) is 0.155. The zero-order valence-corrected chi connectivity index (χ0v) is 13.6. The number of nitrogens with zero attached hydrogens (tertiary/aromatic N) is 2. The molecule has 1 fully saturated rings. The fourth-order valence-corrected chi connectivity index (χ4v) is 3.02. The maximum atomic E-state index is 11.8. The summed E-state index contributed by atoms with van der Waals surface area (Å²) in [6.45, 7) is 1.96. The first kappa shape index (κ1) is 15.5. The van der Waals surface area contributed by atoms with Gasteiger partial charge in [-0.15, -0.1) is 0 Å². The smallest absolute Gasteiger partial charge is 0.227 e. The van der Waals surface area contributed by atoms with Crippen LogP contribution in [0.5, 0.6) is 0 Å².